The third-order valence-corrected chi connectivity index (χ3v) is 4.33. The van der Waals surface area contributed by atoms with Gasteiger partial charge in [-0.05, 0) is 12.5 Å². The number of aliphatic hydroxyl groups is 1. The number of nitrogens with zero attached hydrogens (tertiary/aromatic N) is 2. The van der Waals surface area contributed by atoms with Gasteiger partial charge in [0.25, 0.3) is 5.91 Å². The van der Waals surface area contributed by atoms with Crippen molar-refractivity contribution < 1.29 is 64.1 Å². The van der Waals surface area contributed by atoms with Crippen molar-refractivity contribution in [3.8, 4) is 6.07 Å². The summed E-state index contributed by atoms with van der Waals surface area (Å²) in [5.41, 5.74) is -0.117. The van der Waals surface area contributed by atoms with Crippen LogP contribution < -0.4 is 45.1 Å². The van der Waals surface area contributed by atoms with Crippen LogP contribution in [-0.4, -0.2) is 57.5 Å². The molecule has 2 atom stereocenters. The first-order valence-electron chi connectivity index (χ1n) is 6.57. The van der Waals surface area contributed by atoms with Crippen molar-refractivity contribution in [2.75, 3.05) is 12.4 Å². The van der Waals surface area contributed by atoms with Crippen LogP contribution in [-0.2, 0) is 19.2 Å². The summed E-state index contributed by atoms with van der Waals surface area (Å²) in [6.07, 6.45) is -0.369. The number of hydrogen-bond acceptors (Lipinski definition) is 9. The smallest absolute Gasteiger partial charge is 0.550 e. The largest absolute Gasteiger partial charge is 1.00 e. The Bertz CT molecular complexity index is 642. The molecule has 0 radical (unpaired) electrons. The van der Waals surface area contributed by atoms with Crippen LogP contribution in [0.15, 0.2) is 11.3 Å². The number of aliphatic carboxylic acids is 2. The fourth-order valence-electron chi connectivity index (χ4n) is 2.09. The van der Waals surface area contributed by atoms with E-state index in [4.69, 9.17) is 20.3 Å². The minimum absolute atomic E-state index is 0. The van der Waals surface area contributed by atoms with Gasteiger partial charge in [-0.3, -0.25) is 14.5 Å². The third-order valence-electron chi connectivity index (χ3n) is 2.99. The van der Waals surface area contributed by atoms with Crippen molar-refractivity contribution >= 4 is 35.5 Å². The van der Waals surface area contributed by atoms with Crippen LogP contribution in [0.2, 0.25) is 0 Å². The van der Waals surface area contributed by atoms with Crippen LogP contribution in [0.1, 0.15) is 13.3 Å². The molecule has 0 aromatic rings. The molecule has 0 bridgehead atoms. The Morgan fingerprint density at radius 1 is 1.44 bits per heavy atom. The van der Waals surface area contributed by atoms with Gasteiger partial charge in [-0.15, -0.1) is 11.8 Å². The number of nitrogens with one attached hydrogen (secondary N) is 1. The van der Waals surface area contributed by atoms with E-state index in [-0.39, 0.29) is 53.0 Å². The number of carboxylic acids is 2. The summed E-state index contributed by atoms with van der Waals surface area (Å²) in [6, 6.07) is 0.809. The molecule has 0 saturated carbocycles. The molecule has 0 aromatic heterocycles. The van der Waals surface area contributed by atoms with Gasteiger partial charge in [0.15, 0.2) is 0 Å². The molecular formula is C13H13N3NaO7S-. The molecule has 1 saturated heterocycles. The molecular weight excluding hydrogens is 365 g/mol. The SMILES string of the molecule is CC(=O)[O-].N#CCC(=O)N[C@@H]1C(=O)N2C(C(=O)[O-])=C(CO)CS[C@H]12.[Na+]. The molecule has 0 aromatic carbocycles. The Balaban J connectivity index is 0.00000104. The Morgan fingerprint density at radius 2 is 2.00 bits per heavy atom. The summed E-state index contributed by atoms with van der Waals surface area (Å²) in [5, 5.41) is 39.3. The maximum atomic E-state index is 11.9. The molecule has 2 N–H and O–H groups in total. The number of amides is 2. The molecule has 1 fully saturated rings. The van der Waals surface area contributed by atoms with E-state index in [0.29, 0.717) is 0 Å². The fraction of sp³-hybridized carbons (Fsp3) is 0.462. The number of fused-ring (bicyclic) bond motifs is 1. The molecule has 2 aliphatic heterocycles. The summed E-state index contributed by atoms with van der Waals surface area (Å²) in [5.74, 6) is -3.55. The molecule has 12 heteroatoms. The van der Waals surface area contributed by atoms with Crippen molar-refractivity contribution in [2.45, 2.75) is 24.8 Å². The Kier molecular flexibility index (Phi) is 9.76. The van der Waals surface area contributed by atoms with E-state index in [1.807, 2.05) is 0 Å². The van der Waals surface area contributed by atoms with E-state index in [1.165, 1.54) is 11.8 Å². The van der Waals surface area contributed by atoms with E-state index in [0.717, 1.165) is 11.8 Å². The first-order chi connectivity index (χ1) is 11.2. The van der Waals surface area contributed by atoms with Crippen molar-refractivity contribution in [2.24, 2.45) is 0 Å². The second-order valence-corrected chi connectivity index (χ2v) is 5.78. The first-order valence-corrected chi connectivity index (χ1v) is 7.62. The molecule has 2 rings (SSSR count). The number of carbonyl (C=O) groups is 4. The van der Waals surface area contributed by atoms with Crippen LogP contribution in [0.25, 0.3) is 0 Å². The van der Waals surface area contributed by atoms with Gasteiger partial charge in [0.2, 0.25) is 5.91 Å². The monoisotopic (exact) mass is 378 g/mol. The molecule has 2 heterocycles. The fourth-order valence-corrected chi connectivity index (χ4v) is 3.42. The standard InChI is InChI=1S/C11H11N3O5S.C2H4O2.Na/c12-2-1-6(16)13-7-9(17)14-8(11(18)19)5(3-15)4-20-10(7)14;1-2(3)4;/h7,10,15H,1,3-4H2,(H,13,16)(H,18,19);1H3,(H,3,4);/q;;+1/p-2/t7-,10-;;/m1../s1. The molecule has 25 heavy (non-hydrogen) atoms. The Labute approximate surface area is 169 Å². The van der Waals surface area contributed by atoms with Crippen molar-refractivity contribution in [1.82, 2.24) is 10.2 Å². The summed E-state index contributed by atoms with van der Waals surface area (Å²) in [7, 11) is 0. The number of aliphatic hydroxyl groups excluding tert-OH is 1. The minimum atomic E-state index is -1.53. The average Bonchev–Trinajstić information content (AvgIpc) is 2.50. The number of carbonyl (C=O) groups excluding carboxylic acids is 4. The molecule has 0 unspecified atom stereocenters. The predicted molar refractivity (Wildman–Crippen MR) is 75.1 cm³/mol. The average molecular weight is 378 g/mol. The Morgan fingerprint density at radius 3 is 2.44 bits per heavy atom. The van der Waals surface area contributed by atoms with E-state index in [2.05, 4.69) is 5.32 Å². The van der Waals surface area contributed by atoms with Crippen molar-refractivity contribution in [3.63, 3.8) is 0 Å². The normalized spacial score (nSPS) is 20.7. The molecule has 2 aliphatic rings. The molecule has 0 aliphatic carbocycles. The van der Waals surface area contributed by atoms with E-state index in [9.17, 15) is 19.5 Å². The van der Waals surface area contributed by atoms with Crippen LogP contribution in [0, 0.1) is 11.3 Å². The number of hydrogen-bond donors (Lipinski definition) is 2. The van der Waals surface area contributed by atoms with Gasteiger partial charge >= 0.3 is 29.6 Å². The van der Waals surface area contributed by atoms with E-state index < -0.39 is 41.8 Å². The first kappa shape index (κ1) is 23.4. The van der Waals surface area contributed by atoms with Crippen LogP contribution in [0.3, 0.4) is 0 Å². The van der Waals surface area contributed by atoms with Gasteiger partial charge in [-0.25, -0.2) is 0 Å². The van der Waals surface area contributed by atoms with Gasteiger partial charge in [0.1, 0.15) is 17.8 Å². The van der Waals surface area contributed by atoms with E-state index in [1.54, 1.807) is 6.07 Å². The van der Waals surface area contributed by atoms with E-state index >= 15 is 0 Å². The second kappa shape index (κ2) is 10.4. The number of β-lactam (4-membered cyclic amide) rings is 1. The second-order valence-electron chi connectivity index (χ2n) is 4.68. The van der Waals surface area contributed by atoms with Crippen LogP contribution in [0.5, 0.6) is 0 Å². The van der Waals surface area contributed by atoms with Crippen molar-refractivity contribution in [1.29, 1.82) is 5.26 Å². The molecule has 2 amide bonds. The number of nitriles is 1. The zero-order chi connectivity index (χ0) is 18.4. The third kappa shape index (κ3) is 5.72. The maximum Gasteiger partial charge on any atom is 1.00 e. The zero-order valence-electron chi connectivity index (χ0n) is 13.5. The van der Waals surface area contributed by atoms with Crippen LogP contribution in [0.4, 0.5) is 0 Å². The van der Waals surface area contributed by atoms with Crippen LogP contribution >= 0.6 is 11.8 Å². The number of carboxylic acid groups (broad SMARTS) is 2. The van der Waals surface area contributed by atoms with Gasteiger partial charge in [-0.2, -0.15) is 5.26 Å². The Hall–Kier alpha value is -1.58. The number of thioether (sulfide) groups is 1. The molecule has 0 spiro atoms. The maximum absolute atomic E-state index is 11.9. The van der Waals surface area contributed by atoms with Gasteiger partial charge < -0.3 is 30.2 Å². The van der Waals surface area contributed by atoms with Gasteiger partial charge in [-0.1, -0.05) is 0 Å². The number of rotatable bonds is 4. The predicted octanol–water partition coefficient (Wildman–Crippen LogP) is -6.94. The quantitative estimate of drug-likeness (QED) is 0.356. The zero-order valence-corrected chi connectivity index (χ0v) is 16.3. The molecule has 130 valence electrons. The van der Waals surface area contributed by atoms with Gasteiger partial charge in [0.05, 0.1) is 24.3 Å². The topological polar surface area (TPSA) is 174 Å². The summed E-state index contributed by atoms with van der Waals surface area (Å²) in [4.78, 5) is 44.2. The summed E-state index contributed by atoms with van der Waals surface area (Å²) >= 11 is 1.24. The van der Waals surface area contributed by atoms with Gasteiger partial charge in [0, 0.05) is 11.7 Å². The van der Waals surface area contributed by atoms with Crippen molar-refractivity contribution in [3.05, 3.63) is 11.3 Å². The minimum Gasteiger partial charge on any atom is -0.550 e. The molecule has 10 nitrogen and oxygen atoms in total. The summed E-state index contributed by atoms with van der Waals surface area (Å²) in [6.45, 7) is 0.498. The summed E-state index contributed by atoms with van der Waals surface area (Å²) < 4.78 is 0.